The van der Waals surface area contributed by atoms with E-state index in [1.54, 1.807) is 11.3 Å². The van der Waals surface area contributed by atoms with Gasteiger partial charge in [-0.3, -0.25) is 4.79 Å². The topological polar surface area (TPSA) is 50.4 Å². The Balaban J connectivity index is 1.62. The fourth-order valence-electron chi connectivity index (χ4n) is 2.98. The lowest BCUT2D eigenvalue weighted by atomic mass is 10.0. The number of rotatable bonds is 4. The van der Waals surface area contributed by atoms with Gasteiger partial charge in [-0.25, -0.2) is 0 Å². The molecular weight excluding hydrogens is 332 g/mol. The van der Waals surface area contributed by atoms with Crippen molar-refractivity contribution in [3.63, 3.8) is 0 Å². The molecule has 4 rings (SSSR count). The third-order valence-electron chi connectivity index (χ3n) is 4.18. The highest BCUT2D eigenvalue weighted by Crippen LogP contribution is 2.39. The van der Waals surface area contributed by atoms with Crippen molar-refractivity contribution in [3.05, 3.63) is 71.1 Å². The molecule has 1 aliphatic rings. The van der Waals surface area contributed by atoms with Crippen molar-refractivity contribution in [3.8, 4) is 16.9 Å². The van der Waals surface area contributed by atoms with Crippen molar-refractivity contribution in [2.24, 2.45) is 0 Å². The summed E-state index contributed by atoms with van der Waals surface area (Å²) >= 11 is 1.56. The third-order valence-corrected chi connectivity index (χ3v) is 5.09. The van der Waals surface area contributed by atoms with E-state index in [-0.39, 0.29) is 12.1 Å². The molecule has 1 atom stereocenters. The fraction of sp³-hybridized carbons (Fsp3) is 0.150. The van der Waals surface area contributed by atoms with Gasteiger partial charge in [-0.2, -0.15) is 0 Å². The molecule has 2 N–H and O–H groups in total. The van der Waals surface area contributed by atoms with Gasteiger partial charge >= 0.3 is 0 Å². The summed E-state index contributed by atoms with van der Waals surface area (Å²) < 4.78 is 5.47. The van der Waals surface area contributed by atoms with Crippen LogP contribution in [0.3, 0.4) is 0 Å². The Hall–Kier alpha value is -2.79. The molecule has 0 fully saturated rings. The van der Waals surface area contributed by atoms with Gasteiger partial charge in [0.05, 0.1) is 12.2 Å². The molecule has 0 unspecified atom stereocenters. The van der Waals surface area contributed by atoms with E-state index in [9.17, 15) is 4.79 Å². The van der Waals surface area contributed by atoms with E-state index in [4.69, 9.17) is 4.74 Å². The molecule has 0 spiro atoms. The molecule has 0 aliphatic carbocycles. The SMILES string of the molecule is CCOc1ccc([C@H]2NC(=O)c3c(-c4ccccc4)csc3N2)cc1. The van der Waals surface area contributed by atoms with E-state index in [2.05, 4.69) is 10.6 Å². The summed E-state index contributed by atoms with van der Waals surface area (Å²) in [5.74, 6) is 0.782. The number of thiophene rings is 1. The number of nitrogens with one attached hydrogen (secondary N) is 2. The zero-order chi connectivity index (χ0) is 17.2. The van der Waals surface area contributed by atoms with Crippen molar-refractivity contribution >= 4 is 22.2 Å². The Morgan fingerprint density at radius 3 is 2.52 bits per heavy atom. The standard InChI is InChI=1S/C20H18N2O2S/c1-2-24-15-10-8-14(9-11-15)18-21-19(23)17-16(12-25-20(17)22-18)13-6-4-3-5-7-13/h3-12,18,22H,2H2,1H3,(H,21,23)/t18-/m0/s1. The maximum Gasteiger partial charge on any atom is 0.256 e. The Kier molecular flexibility index (Phi) is 4.15. The second-order valence-corrected chi connectivity index (χ2v) is 6.65. The molecule has 25 heavy (non-hydrogen) atoms. The van der Waals surface area contributed by atoms with Gasteiger partial charge < -0.3 is 15.4 Å². The number of hydrogen-bond donors (Lipinski definition) is 2. The van der Waals surface area contributed by atoms with Crippen LogP contribution in [-0.2, 0) is 0 Å². The molecule has 0 bridgehead atoms. The molecule has 0 radical (unpaired) electrons. The average Bonchev–Trinajstić information content (AvgIpc) is 3.08. The van der Waals surface area contributed by atoms with Crippen molar-refractivity contribution in [1.82, 2.24) is 5.32 Å². The summed E-state index contributed by atoms with van der Waals surface area (Å²) in [6.07, 6.45) is -0.238. The van der Waals surface area contributed by atoms with Gasteiger partial charge in [-0.05, 0) is 30.2 Å². The second kappa shape index (κ2) is 6.61. The highest BCUT2D eigenvalue weighted by molar-refractivity contribution is 7.15. The predicted octanol–water partition coefficient (Wildman–Crippen LogP) is 4.67. The molecule has 2 heterocycles. The van der Waals surface area contributed by atoms with Crippen LogP contribution in [0.1, 0.15) is 29.0 Å². The van der Waals surface area contributed by atoms with Crippen LogP contribution in [0.4, 0.5) is 5.00 Å². The molecule has 5 heteroatoms. The maximum absolute atomic E-state index is 12.7. The van der Waals surface area contributed by atoms with Gasteiger partial charge in [0.15, 0.2) is 0 Å². The number of hydrogen-bond acceptors (Lipinski definition) is 4. The van der Waals surface area contributed by atoms with Gasteiger partial charge in [0, 0.05) is 10.9 Å². The minimum absolute atomic E-state index is 0.0484. The zero-order valence-corrected chi connectivity index (χ0v) is 14.6. The van der Waals surface area contributed by atoms with Gasteiger partial charge in [-0.15, -0.1) is 11.3 Å². The van der Waals surface area contributed by atoms with E-state index in [0.717, 1.165) is 33.0 Å². The predicted molar refractivity (Wildman–Crippen MR) is 101 cm³/mol. The molecule has 0 saturated heterocycles. The minimum Gasteiger partial charge on any atom is -0.494 e. The van der Waals surface area contributed by atoms with Gasteiger partial charge in [-0.1, -0.05) is 42.5 Å². The van der Waals surface area contributed by atoms with E-state index in [1.807, 2.05) is 66.9 Å². The molecule has 4 nitrogen and oxygen atoms in total. The summed E-state index contributed by atoms with van der Waals surface area (Å²) in [6, 6.07) is 17.8. The number of fused-ring (bicyclic) bond motifs is 1. The Labute approximate surface area is 150 Å². The van der Waals surface area contributed by atoms with E-state index in [1.165, 1.54) is 0 Å². The van der Waals surface area contributed by atoms with E-state index < -0.39 is 0 Å². The molecule has 1 aromatic heterocycles. The zero-order valence-electron chi connectivity index (χ0n) is 13.8. The lowest BCUT2D eigenvalue weighted by Gasteiger charge is -2.26. The van der Waals surface area contributed by atoms with Crippen molar-refractivity contribution < 1.29 is 9.53 Å². The van der Waals surface area contributed by atoms with Crippen LogP contribution < -0.4 is 15.4 Å². The fourth-order valence-corrected chi connectivity index (χ4v) is 3.98. The molecule has 126 valence electrons. The van der Waals surface area contributed by atoms with Crippen LogP contribution in [0.25, 0.3) is 11.1 Å². The number of carbonyl (C=O) groups excluding carboxylic acids is 1. The quantitative estimate of drug-likeness (QED) is 0.719. The second-order valence-electron chi connectivity index (χ2n) is 5.77. The summed E-state index contributed by atoms with van der Waals surface area (Å²) in [7, 11) is 0. The Morgan fingerprint density at radius 1 is 1.04 bits per heavy atom. The van der Waals surface area contributed by atoms with Crippen molar-refractivity contribution in [2.75, 3.05) is 11.9 Å². The van der Waals surface area contributed by atoms with Crippen LogP contribution in [-0.4, -0.2) is 12.5 Å². The molecule has 2 aromatic carbocycles. The summed E-state index contributed by atoms with van der Waals surface area (Å²) in [6.45, 7) is 2.60. The normalized spacial score (nSPS) is 15.9. The van der Waals surface area contributed by atoms with Gasteiger partial charge in [0.2, 0.25) is 0 Å². The number of anilines is 1. The monoisotopic (exact) mass is 350 g/mol. The first-order chi connectivity index (χ1) is 12.3. The largest absolute Gasteiger partial charge is 0.494 e. The summed E-state index contributed by atoms with van der Waals surface area (Å²) in [5, 5.41) is 9.42. The highest BCUT2D eigenvalue weighted by atomic mass is 32.1. The molecule has 0 saturated carbocycles. The molecule has 1 amide bonds. The molecule has 3 aromatic rings. The summed E-state index contributed by atoms with van der Waals surface area (Å²) in [4.78, 5) is 12.7. The maximum atomic E-state index is 12.7. The highest BCUT2D eigenvalue weighted by Gasteiger charge is 2.29. The van der Waals surface area contributed by atoms with Gasteiger partial charge in [0.1, 0.15) is 16.9 Å². The smallest absolute Gasteiger partial charge is 0.256 e. The minimum atomic E-state index is -0.238. The lowest BCUT2D eigenvalue weighted by molar-refractivity contribution is 0.0937. The first kappa shape index (κ1) is 15.7. The lowest BCUT2D eigenvalue weighted by Crippen LogP contribution is -2.37. The Bertz CT molecular complexity index is 888. The Morgan fingerprint density at radius 2 is 1.80 bits per heavy atom. The number of carbonyl (C=O) groups is 1. The van der Waals surface area contributed by atoms with Gasteiger partial charge in [0.25, 0.3) is 5.91 Å². The first-order valence-electron chi connectivity index (χ1n) is 8.23. The number of amides is 1. The first-order valence-corrected chi connectivity index (χ1v) is 9.11. The average molecular weight is 350 g/mol. The summed E-state index contributed by atoms with van der Waals surface area (Å²) in [5.41, 5.74) is 3.74. The molecular formula is C20H18N2O2S. The van der Waals surface area contributed by atoms with Crippen molar-refractivity contribution in [1.29, 1.82) is 0 Å². The van der Waals surface area contributed by atoms with Crippen LogP contribution in [0.5, 0.6) is 5.75 Å². The number of benzene rings is 2. The van der Waals surface area contributed by atoms with Crippen molar-refractivity contribution in [2.45, 2.75) is 13.1 Å². The molecule has 1 aliphatic heterocycles. The van der Waals surface area contributed by atoms with Crippen LogP contribution in [0.2, 0.25) is 0 Å². The van der Waals surface area contributed by atoms with Crippen LogP contribution >= 0.6 is 11.3 Å². The number of ether oxygens (including phenoxy) is 1. The third kappa shape index (κ3) is 2.98. The van der Waals surface area contributed by atoms with E-state index in [0.29, 0.717) is 6.61 Å². The van der Waals surface area contributed by atoms with Crippen LogP contribution in [0, 0.1) is 0 Å². The van der Waals surface area contributed by atoms with E-state index >= 15 is 0 Å². The van der Waals surface area contributed by atoms with Crippen LogP contribution in [0.15, 0.2) is 60.0 Å².